The number of carbonyl (C=O) groups is 1. The predicted molar refractivity (Wildman–Crippen MR) is 126 cm³/mol. The van der Waals surface area contributed by atoms with Gasteiger partial charge in [0, 0.05) is 37.0 Å². The van der Waals surface area contributed by atoms with Gasteiger partial charge < -0.3 is 30.0 Å². The number of morpholine rings is 1. The Balaban J connectivity index is 1.78. The summed E-state index contributed by atoms with van der Waals surface area (Å²) >= 11 is 0. The molecule has 1 saturated heterocycles. The smallest absolute Gasteiger partial charge is 0.332 e. The SMILES string of the molecule is CCOc1cc(OCCN2CCOCC2)cc(C(Nc2ccc(C(=N)N)cc2)C(=O)OC)c1. The van der Waals surface area contributed by atoms with Crippen molar-refractivity contribution < 1.29 is 23.7 Å². The summed E-state index contributed by atoms with van der Waals surface area (Å²) < 4.78 is 22.2. The van der Waals surface area contributed by atoms with Crippen LogP contribution in [0.3, 0.4) is 0 Å². The summed E-state index contributed by atoms with van der Waals surface area (Å²) in [5.74, 6) is 0.763. The van der Waals surface area contributed by atoms with Crippen LogP contribution >= 0.6 is 0 Å². The number of methoxy groups -OCH3 is 1. The average molecular weight is 457 g/mol. The fourth-order valence-electron chi connectivity index (χ4n) is 3.52. The van der Waals surface area contributed by atoms with E-state index in [2.05, 4.69) is 10.2 Å². The zero-order valence-electron chi connectivity index (χ0n) is 19.1. The van der Waals surface area contributed by atoms with E-state index in [4.69, 9.17) is 30.1 Å². The van der Waals surface area contributed by atoms with Gasteiger partial charge in [0.1, 0.15) is 23.9 Å². The number of nitrogens with one attached hydrogen (secondary N) is 2. The highest BCUT2D eigenvalue weighted by Crippen LogP contribution is 2.30. The van der Waals surface area contributed by atoms with Crippen LogP contribution in [0.1, 0.15) is 24.1 Å². The van der Waals surface area contributed by atoms with Gasteiger partial charge in [-0.1, -0.05) is 0 Å². The molecule has 9 heteroatoms. The number of hydrogen-bond donors (Lipinski definition) is 3. The highest BCUT2D eigenvalue weighted by molar-refractivity contribution is 5.95. The van der Waals surface area contributed by atoms with Crippen molar-refractivity contribution in [2.75, 3.05) is 58.5 Å². The van der Waals surface area contributed by atoms with Gasteiger partial charge in [-0.15, -0.1) is 0 Å². The Labute approximate surface area is 194 Å². The number of rotatable bonds is 11. The van der Waals surface area contributed by atoms with Gasteiger partial charge in [-0.3, -0.25) is 10.3 Å². The summed E-state index contributed by atoms with van der Waals surface area (Å²) in [4.78, 5) is 14.9. The van der Waals surface area contributed by atoms with Crippen molar-refractivity contribution in [3.63, 3.8) is 0 Å². The summed E-state index contributed by atoms with van der Waals surface area (Å²) in [5, 5.41) is 10.7. The summed E-state index contributed by atoms with van der Waals surface area (Å²) in [5.41, 5.74) is 7.47. The van der Waals surface area contributed by atoms with Gasteiger partial charge in [0.2, 0.25) is 0 Å². The van der Waals surface area contributed by atoms with E-state index in [1.165, 1.54) is 7.11 Å². The lowest BCUT2D eigenvalue weighted by molar-refractivity contribution is -0.141. The second-order valence-corrected chi connectivity index (χ2v) is 7.56. The van der Waals surface area contributed by atoms with E-state index in [0.29, 0.717) is 41.5 Å². The van der Waals surface area contributed by atoms with Crippen molar-refractivity contribution in [1.82, 2.24) is 4.90 Å². The van der Waals surface area contributed by atoms with Gasteiger partial charge in [0.15, 0.2) is 6.04 Å². The van der Waals surface area contributed by atoms with E-state index in [-0.39, 0.29) is 5.84 Å². The molecule has 0 saturated carbocycles. The maximum absolute atomic E-state index is 12.7. The van der Waals surface area contributed by atoms with E-state index in [1.807, 2.05) is 19.1 Å². The molecule has 1 aliphatic rings. The normalized spacial score (nSPS) is 14.8. The Bertz CT molecular complexity index is 929. The van der Waals surface area contributed by atoms with Gasteiger partial charge >= 0.3 is 5.97 Å². The largest absolute Gasteiger partial charge is 0.494 e. The Hall–Kier alpha value is -3.30. The number of nitrogens with zero attached hydrogens (tertiary/aromatic N) is 1. The first-order valence-electron chi connectivity index (χ1n) is 11.0. The van der Waals surface area contributed by atoms with Gasteiger partial charge in [-0.25, -0.2) is 4.79 Å². The van der Waals surface area contributed by atoms with Crippen molar-refractivity contribution in [2.24, 2.45) is 5.73 Å². The number of ether oxygens (including phenoxy) is 4. The molecule has 4 N–H and O–H groups in total. The van der Waals surface area contributed by atoms with Crippen molar-refractivity contribution in [3.05, 3.63) is 53.6 Å². The first-order chi connectivity index (χ1) is 16.0. The molecule has 0 bridgehead atoms. The fourth-order valence-corrected chi connectivity index (χ4v) is 3.52. The topological polar surface area (TPSA) is 119 Å². The molecule has 0 aliphatic carbocycles. The van der Waals surface area contributed by atoms with Crippen molar-refractivity contribution in [1.29, 1.82) is 5.41 Å². The molecule has 0 amide bonds. The first kappa shape index (κ1) is 24.3. The summed E-state index contributed by atoms with van der Waals surface area (Å²) in [6.07, 6.45) is 0. The molecule has 1 atom stereocenters. The molecular formula is C24H32N4O5. The molecule has 2 aromatic carbocycles. The fraction of sp³-hybridized carbons (Fsp3) is 0.417. The molecule has 3 rings (SSSR count). The molecule has 1 heterocycles. The Kier molecular flexibility index (Phi) is 8.91. The number of carbonyl (C=O) groups excluding carboxylic acids is 1. The van der Waals surface area contributed by atoms with Crippen LogP contribution in [0.2, 0.25) is 0 Å². The van der Waals surface area contributed by atoms with Crippen molar-refractivity contribution in [2.45, 2.75) is 13.0 Å². The van der Waals surface area contributed by atoms with E-state index in [9.17, 15) is 4.79 Å². The Morgan fingerprint density at radius 3 is 2.42 bits per heavy atom. The van der Waals surface area contributed by atoms with E-state index < -0.39 is 12.0 Å². The van der Waals surface area contributed by atoms with Gasteiger partial charge in [0.25, 0.3) is 0 Å². The summed E-state index contributed by atoms with van der Waals surface area (Å²) in [6, 6.07) is 11.6. The molecule has 9 nitrogen and oxygen atoms in total. The number of benzene rings is 2. The van der Waals surface area contributed by atoms with Gasteiger partial charge in [0.05, 0.1) is 26.9 Å². The summed E-state index contributed by atoms with van der Waals surface area (Å²) in [6.45, 7) is 6.96. The van der Waals surface area contributed by atoms with Crippen LogP contribution in [0.4, 0.5) is 5.69 Å². The van der Waals surface area contributed by atoms with Crippen LogP contribution in [0, 0.1) is 5.41 Å². The lowest BCUT2D eigenvalue weighted by Gasteiger charge is -2.26. The highest BCUT2D eigenvalue weighted by Gasteiger charge is 2.23. The average Bonchev–Trinajstić information content (AvgIpc) is 2.83. The maximum Gasteiger partial charge on any atom is 0.332 e. The van der Waals surface area contributed by atoms with Gasteiger partial charge in [-0.05, 0) is 48.9 Å². The highest BCUT2D eigenvalue weighted by atomic mass is 16.5. The maximum atomic E-state index is 12.7. The number of nitrogen functional groups attached to an aromatic ring is 1. The van der Waals surface area contributed by atoms with Crippen molar-refractivity contribution >= 4 is 17.5 Å². The number of anilines is 1. The minimum Gasteiger partial charge on any atom is -0.494 e. The number of hydrogen-bond acceptors (Lipinski definition) is 8. The minimum atomic E-state index is -0.778. The van der Waals surface area contributed by atoms with Crippen molar-refractivity contribution in [3.8, 4) is 11.5 Å². The monoisotopic (exact) mass is 456 g/mol. The van der Waals surface area contributed by atoms with Crippen LogP contribution in [-0.4, -0.2) is 69.9 Å². The zero-order valence-corrected chi connectivity index (χ0v) is 19.1. The first-order valence-corrected chi connectivity index (χ1v) is 11.0. The molecule has 1 unspecified atom stereocenters. The number of amidine groups is 1. The molecule has 1 aliphatic heterocycles. The predicted octanol–water partition coefficient (Wildman–Crippen LogP) is 2.41. The third-order valence-electron chi connectivity index (χ3n) is 5.27. The molecular weight excluding hydrogens is 424 g/mol. The van der Waals surface area contributed by atoms with Crippen LogP contribution in [-0.2, 0) is 14.3 Å². The van der Waals surface area contributed by atoms with Crippen LogP contribution in [0.25, 0.3) is 0 Å². The van der Waals surface area contributed by atoms with Gasteiger partial charge in [-0.2, -0.15) is 0 Å². The third kappa shape index (κ3) is 7.10. The lowest BCUT2D eigenvalue weighted by Crippen LogP contribution is -2.38. The number of esters is 1. The molecule has 1 fully saturated rings. The van der Waals surface area contributed by atoms with E-state index >= 15 is 0 Å². The molecule has 2 aromatic rings. The molecule has 0 spiro atoms. The quantitative estimate of drug-likeness (QED) is 0.268. The second-order valence-electron chi connectivity index (χ2n) is 7.56. The molecule has 178 valence electrons. The summed E-state index contributed by atoms with van der Waals surface area (Å²) in [7, 11) is 1.35. The molecule has 0 aromatic heterocycles. The van der Waals surface area contributed by atoms with Crippen LogP contribution in [0.15, 0.2) is 42.5 Å². The minimum absolute atomic E-state index is 0.0191. The van der Waals surface area contributed by atoms with E-state index in [0.717, 1.165) is 32.8 Å². The Morgan fingerprint density at radius 1 is 1.15 bits per heavy atom. The zero-order chi connectivity index (χ0) is 23.6. The van der Waals surface area contributed by atoms with E-state index in [1.54, 1.807) is 30.3 Å². The lowest BCUT2D eigenvalue weighted by atomic mass is 10.0. The standard InChI is InChI=1S/C24H32N4O5/c1-3-32-20-14-18(15-21(16-20)33-13-10-28-8-11-31-12-9-28)22(24(29)30-2)27-19-6-4-17(5-7-19)23(25)26/h4-7,14-16,22,27H,3,8-13H2,1-2H3,(H3,25,26). The third-order valence-corrected chi connectivity index (χ3v) is 5.27. The second kappa shape index (κ2) is 12.1. The van der Waals surface area contributed by atoms with Crippen LogP contribution in [0.5, 0.6) is 11.5 Å². The molecule has 0 radical (unpaired) electrons. The van der Waals surface area contributed by atoms with Crippen LogP contribution < -0.4 is 20.5 Å². The Morgan fingerprint density at radius 2 is 1.82 bits per heavy atom. The molecule has 33 heavy (non-hydrogen) atoms. The number of nitrogens with two attached hydrogens (primary N) is 1.